The van der Waals surface area contributed by atoms with Crippen molar-refractivity contribution in [3.8, 4) is 5.69 Å². The van der Waals surface area contributed by atoms with Crippen LogP contribution in [0, 0.1) is 37.1 Å². The van der Waals surface area contributed by atoms with Gasteiger partial charge in [0, 0.05) is 45.7 Å². The molecule has 0 unspecified atom stereocenters. The normalized spacial score (nSPS) is 13.6. The van der Waals surface area contributed by atoms with Gasteiger partial charge in [0.2, 0.25) is 0 Å². The van der Waals surface area contributed by atoms with E-state index in [2.05, 4.69) is 145 Å². The van der Waals surface area contributed by atoms with Gasteiger partial charge in [0.1, 0.15) is 23.3 Å². The second kappa shape index (κ2) is 13.1. The summed E-state index contributed by atoms with van der Waals surface area (Å²) in [6.45, 7) is 16.8. The van der Waals surface area contributed by atoms with Crippen LogP contribution in [-0.2, 0) is 10.8 Å². The standard InChI is InChI=1S/C52H44BF4N3/c1-29-9-15-42-36(21-29)37-22-30(2)10-16-43(37)58(42)35-27-48-50-49(28-35)60(47-20-14-34(55)26-41(47)57)45-18-12-32(52(6,7)8)24-39(45)53(50)38-23-31(51(3,4)5)11-17-44(38)59(48)46-19-13-33(54)25-40(46)56/h9-28H,1-8H3. The van der Waals surface area contributed by atoms with Gasteiger partial charge in [-0.05, 0) is 125 Å². The smallest absolute Gasteiger partial charge is 0.252 e. The minimum atomic E-state index is -0.714. The SMILES string of the molecule is Cc1ccc2c(c1)c1cc(C)ccc1n2-c1cc2c3c(c1)N(c1ccc(F)cc1F)c1ccc(C(C)(C)C)cc1B3c1cc(C(C)(C)C)ccc1N2c1ccc(F)cc1F. The van der Waals surface area contributed by atoms with Crippen molar-refractivity contribution in [3.05, 3.63) is 167 Å². The summed E-state index contributed by atoms with van der Waals surface area (Å²) < 4.78 is 64.8. The maximum Gasteiger partial charge on any atom is 0.252 e. The molecule has 3 heterocycles. The van der Waals surface area contributed by atoms with Crippen molar-refractivity contribution in [1.82, 2.24) is 4.57 Å². The van der Waals surface area contributed by atoms with E-state index in [4.69, 9.17) is 0 Å². The number of anilines is 6. The molecule has 0 amide bonds. The molecule has 2 aliphatic heterocycles. The monoisotopic (exact) mass is 797 g/mol. The van der Waals surface area contributed by atoms with Crippen LogP contribution < -0.4 is 26.2 Å². The molecule has 8 heteroatoms. The zero-order chi connectivity index (χ0) is 42.2. The lowest BCUT2D eigenvalue weighted by Crippen LogP contribution is -2.61. The summed E-state index contributed by atoms with van der Waals surface area (Å²) >= 11 is 0. The highest BCUT2D eigenvalue weighted by molar-refractivity contribution is 7.00. The minimum Gasteiger partial charge on any atom is -0.309 e. The molecular formula is C52H44BF4N3. The second-order valence-corrected chi connectivity index (χ2v) is 18.6. The molecule has 7 aromatic carbocycles. The zero-order valence-electron chi connectivity index (χ0n) is 35.0. The first-order valence-electron chi connectivity index (χ1n) is 20.5. The predicted octanol–water partition coefficient (Wildman–Crippen LogP) is 12.6. The fourth-order valence-corrected chi connectivity index (χ4v) is 9.43. The van der Waals surface area contributed by atoms with Crippen LogP contribution in [0.1, 0.15) is 63.8 Å². The number of benzene rings is 7. The van der Waals surface area contributed by atoms with Crippen LogP contribution in [0.3, 0.4) is 0 Å². The molecule has 0 radical (unpaired) electrons. The van der Waals surface area contributed by atoms with Gasteiger partial charge >= 0.3 is 0 Å². The van der Waals surface area contributed by atoms with E-state index in [1.54, 1.807) is 0 Å². The van der Waals surface area contributed by atoms with Crippen molar-refractivity contribution in [1.29, 1.82) is 0 Å². The highest BCUT2D eigenvalue weighted by atomic mass is 19.1. The van der Waals surface area contributed by atoms with E-state index in [-0.39, 0.29) is 28.9 Å². The van der Waals surface area contributed by atoms with Gasteiger partial charge in [-0.3, -0.25) is 0 Å². The maximum atomic E-state index is 16.5. The van der Waals surface area contributed by atoms with E-state index in [1.165, 1.54) is 24.3 Å². The third kappa shape index (κ3) is 5.78. The van der Waals surface area contributed by atoms with E-state index in [0.717, 1.165) is 89.6 Å². The molecule has 0 fully saturated rings. The molecule has 0 saturated carbocycles. The summed E-state index contributed by atoms with van der Waals surface area (Å²) in [6, 6.07) is 37.1. The molecule has 0 bridgehead atoms. The van der Waals surface area contributed by atoms with Crippen LogP contribution in [0.25, 0.3) is 27.5 Å². The van der Waals surface area contributed by atoms with E-state index in [0.29, 0.717) is 11.4 Å². The fourth-order valence-electron chi connectivity index (χ4n) is 9.43. The molecule has 3 nitrogen and oxygen atoms in total. The van der Waals surface area contributed by atoms with Crippen molar-refractivity contribution in [2.75, 3.05) is 9.80 Å². The predicted molar refractivity (Wildman–Crippen MR) is 242 cm³/mol. The molecule has 60 heavy (non-hydrogen) atoms. The molecule has 0 N–H and O–H groups in total. The van der Waals surface area contributed by atoms with Crippen LogP contribution in [0.2, 0.25) is 0 Å². The van der Waals surface area contributed by atoms with E-state index in [9.17, 15) is 8.78 Å². The Morgan fingerprint density at radius 3 is 1.25 bits per heavy atom. The number of aromatic nitrogens is 1. The van der Waals surface area contributed by atoms with Gasteiger partial charge in [-0.25, -0.2) is 17.6 Å². The minimum absolute atomic E-state index is 0.182. The molecule has 2 aliphatic rings. The molecular weight excluding hydrogens is 753 g/mol. The number of hydrogen-bond donors (Lipinski definition) is 0. The number of fused-ring (bicyclic) bond motifs is 7. The molecule has 298 valence electrons. The Kier molecular flexibility index (Phi) is 8.30. The topological polar surface area (TPSA) is 11.4 Å². The Morgan fingerprint density at radius 2 is 0.850 bits per heavy atom. The Labute approximate surface area is 348 Å². The van der Waals surface area contributed by atoms with Crippen LogP contribution >= 0.6 is 0 Å². The largest absolute Gasteiger partial charge is 0.309 e. The highest BCUT2D eigenvalue weighted by Crippen LogP contribution is 2.48. The lowest BCUT2D eigenvalue weighted by molar-refractivity contribution is 0.583. The van der Waals surface area contributed by atoms with Gasteiger partial charge < -0.3 is 14.4 Å². The third-order valence-corrected chi connectivity index (χ3v) is 12.4. The fraction of sp³-hybridized carbons (Fsp3) is 0.192. The van der Waals surface area contributed by atoms with Gasteiger partial charge in [-0.2, -0.15) is 0 Å². The Bertz CT molecular complexity index is 2910. The van der Waals surface area contributed by atoms with Crippen molar-refractivity contribution in [3.63, 3.8) is 0 Å². The van der Waals surface area contributed by atoms with Crippen LogP contribution in [0.15, 0.2) is 121 Å². The number of aryl methyl sites for hydroxylation is 2. The Balaban J connectivity index is 1.40. The number of rotatable bonds is 3. The van der Waals surface area contributed by atoms with Crippen molar-refractivity contribution in [2.45, 2.75) is 66.2 Å². The number of halogens is 4. The molecule has 10 rings (SSSR count). The quantitative estimate of drug-likeness (QED) is 0.130. The summed E-state index contributed by atoms with van der Waals surface area (Å²) in [7, 11) is 0. The molecule has 0 atom stereocenters. The van der Waals surface area contributed by atoms with Crippen LogP contribution in [-0.4, -0.2) is 11.3 Å². The Hall–Kier alpha value is -6.28. The molecule has 0 spiro atoms. The lowest BCUT2D eigenvalue weighted by Gasteiger charge is -2.45. The van der Waals surface area contributed by atoms with Crippen molar-refractivity contribution in [2.24, 2.45) is 0 Å². The highest BCUT2D eigenvalue weighted by Gasteiger charge is 2.45. The average molecular weight is 798 g/mol. The van der Waals surface area contributed by atoms with Crippen LogP contribution in [0.5, 0.6) is 0 Å². The average Bonchev–Trinajstić information content (AvgIpc) is 3.49. The van der Waals surface area contributed by atoms with Crippen molar-refractivity contribution < 1.29 is 17.6 Å². The van der Waals surface area contributed by atoms with Crippen LogP contribution in [0.4, 0.5) is 51.7 Å². The third-order valence-electron chi connectivity index (χ3n) is 12.4. The van der Waals surface area contributed by atoms with Gasteiger partial charge in [0.15, 0.2) is 0 Å². The van der Waals surface area contributed by atoms with E-state index >= 15 is 8.78 Å². The number of hydrogen-bond acceptors (Lipinski definition) is 2. The summed E-state index contributed by atoms with van der Waals surface area (Å²) in [6.07, 6.45) is 0. The number of nitrogens with zero attached hydrogens (tertiary/aromatic N) is 3. The second-order valence-electron chi connectivity index (χ2n) is 18.6. The summed E-state index contributed by atoms with van der Waals surface area (Å²) in [5.41, 5.74) is 12.6. The molecule has 8 aromatic rings. The van der Waals surface area contributed by atoms with Gasteiger partial charge in [0.05, 0.1) is 28.1 Å². The Morgan fingerprint density at radius 1 is 0.433 bits per heavy atom. The van der Waals surface area contributed by atoms with Gasteiger partial charge in [0.25, 0.3) is 6.71 Å². The molecule has 0 aliphatic carbocycles. The summed E-state index contributed by atoms with van der Waals surface area (Å²) in [4.78, 5) is 3.80. The van der Waals surface area contributed by atoms with E-state index in [1.807, 2.05) is 9.80 Å². The first-order chi connectivity index (χ1) is 28.5. The van der Waals surface area contributed by atoms with Crippen molar-refractivity contribution >= 4 is 79.0 Å². The summed E-state index contributed by atoms with van der Waals surface area (Å²) in [5.74, 6) is -2.78. The lowest BCUT2D eigenvalue weighted by atomic mass is 9.33. The van der Waals surface area contributed by atoms with E-state index < -0.39 is 23.3 Å². The summed E-state index contributed by atoms with van der Waals surface area (Å²) in [5, 5.41) is 2.17. The first kappa shape index (κ1) is 38.0. The molecule has 1 aromatic heterocycles. The van der Waals surface area contributed by atoms with Gasteiger partial charge in [-0.15, -0.1) is 0 Å². The maximum absolute atomic E-state index is 16.5. The first-order valence-corrected chi connectivity index (χ1v) is 20.5. The molecule has 0 saturated heterocycles. The zero-order valence-corrected chi connectivity index (χ0v) is 35.0. The van der Waals surface area contributed by atoms with Gasteiger partial charge in [-0.1, -0.05) is 89.1 Å².